The van der Waals surface area contributed by atoms with E-state index < -0.39 is 154 Å². The summed E-state index contributed by atoms with van der Waals surface area (Å²) in [7, 11) is 0. The molecule has 464 valence electrons. The van der Waals surface area contributed by atoms with E-state index in [4.69, 9.17) is 69.6 Å². The summed E-state index contributed by atoms with van der Waals surface area (Å²) in [6.07, 6.45) is 8.90. The summed E-state index contributed by atoms with van der Waals surface area (Å²) in [4.78, 5) is 24.3. The van der Waals surface area contributed by atoms with Crippen LogP contribution in [0.15, 0.2) is 78.9 Å². The van der Waals surface area contributed by atoms with Gasteiger partial charge in [0.25, 0.3) is 0 Å². The molecule has 7 heterocycles. The van der Waals surface area contributed by atoms with E-state index in [1.807, 2.05) is 0 Å². The molecule has 27 heteroatoms. The molecule has 13 rings (SSSR count). The van der Waals surface area contributed by atoms with Crippen molar-refractivity contribution in [2.24, 2.45) is 0 Å². The summed E-state index contributed by atoms with van der Waals surface area (Å²) in [5.74, 6) is -36.4. The smallest absolute Gasteiger partial charge is 0.200 e. The number of nitrogens with zero attached hydrogens (tertiary/aromatic N) is 4. The Bertz CT molecular complexity index is 4980. The van der Waals surface area contributed by atoms with E-state index in [9.17, 15) is 13.2 Å². The van der Waals surface area contributed by atoms with E-state index in [0.29, 0.717) is 0 Å². The monoisotopic (exact) mass is 1390 g/mol. The summed E-state index contributed by atoms with van der Waals surface area (Å²) >= 11 is 41.2. The Morgan fingerprint density at radius 1 is 0.194 bits per heavy atom. The first kappa shape index (κ1) is 62.7. The van der Waals surface area contributed by atoms with Gasteiger partial charge in [-0.1, -0.05) is 87.8 Å². The number of H-pyrrole nitrogens is 2. The van der Waals surface area contributed by atoms with Gasteiger partial charge in [0.1, 0.15) is 0 Å². The Kier molecular flexibility index (Phi) is 16.0. The lowest BCUT2D eigenvalue weighted by molar-refractivity contribution is 0.381. The molecule has 4 aliphatic rings. The highest BCUT2D eigenvalue weighted by molar-refractivity contribution is 6.41. The van der Waals surface area contributed by atoms with Crippen molar-refractivity contribution in [3.8, 4) is 66.8 Å². The number of benzene rings is 6. The van der Waals surface area contributed by atoms with E-state index in [-0.39, 0.29) is 97.3 Å². The molecule has 0 aliphatic carbocycles. The molecular weight excluding hydrogens is 1370 g/mol. The zero-order valence-electron chi connectivity index (χ0n) is 45.4. The van der Waals surface area contributed by atoms with Gasteiger partial charge < -0.3 is 9.97 Å². The molecule has 4 aliphatic heterocycles. The van der Waals surface area contributed by atoms with Crippen LogP contribution in [0.4, 0.5) is 65.9 Å². The largest absolute Gasteiger partial charge is 0.354 e. The fourth-order valence-corrected chi connectivity index (χ4v) is 12.8. The van der Waals surface area contributed by atoms with Gasteiger partial charge in [0.05, 0.1) is 92.4 Å². The van der Waals surface area contributed by atoms with Crippen LogP contribution in [-0.4, -0.2) is 29.9 Å². The first-order valence-electron chi connectivity index (χ1n) is 26.5. The van der Waals surface area contributed by atoms with Crippen molar-refractivity contribution in [3.63, 3.8) is 0 Å². The minimum atomic E-state index is -2.56. The third kappa shape index (κ3) is 10.2. The lowest BCUT2D eigenvalue weighted by atomic mass is 10.00. The number of aromatic amines is 2. The second-order valence-electron chi connectivity index (χ2n) is 20.3. The SMILES string of the molecule is Fc1c(F)c(F)c(-c2c3nc(c(-c4c(Cl)cccc4Cl)c4ccc([nH]4)c(-c4c(F)c(F)c(F)c(F)c4F)c4nc(c(-c5c(Cl)cccc5Cl)c5nc(c(-c6c(F)c(F)c(F)c(F)c6F)c6ccc([nH]6)c(-c6c(Cl)cccc6Cl)c6nc2C=C6)C=C5)C=C4)C=C3)c(F)c1F. The number of halogens is 21. The van der Waals surface area contributed by atoms with Crippen LogP contribution in [-0.2, 0) is 0 Å². The van der Waals surface area contributed by atoms with Gasteiger partial charge in [-0.05, 0) is 109 Å². The number of rotatable bonds is 6. The van der Waals surface area contributed by atoms with Gasteiger partial charge in [0.2, 0.25) is 17.5 Å². The van der Waals surface area contributed by atoms with Crippen LogP contribution < -0.4 is 0 Å². The van der Waals surface area contributed by atoms with Crippen LogP contribution >= 0.6 is 69.6 Å². The standard InChI is InChI=1S/C66H23Cl6F15N6/c67-22-4-1-5-23(68)40(22)43-28-10-16-34(88-28)46(49-52(73)58(79)64(85)59(80)53(49)74)36-18-12-30(90-36)44(41-24(69)6-2-7-25(41)70)32-14-20-38(92-32)48(51-56(77)62(83)66(87)63(84)57(51)78)39-21-15-33(93-39)45(42-26(71)8-3-9-27(42)72)31-13-19-37(91-31)47(35-17-11-29(43)89-35)50-54(75)60(81)65(86)61(82)55(50)76/h1-21,88,93H. The number of fused-ring (bicyclic) bond motifs is 12. The predicted molar refractivity (Wildman–Crippen MR) is 330 cm³/mol. The number of hydrogen-bond acceptors (Lipinski definition) is 4. The second kappa shape index (κ2) is 23.8. The van der Waals surface area contributed by atoms with Gasteiger partial charge in [0.15, 0.2) is 69.8 Å². The maximum Gasteiger partial charge on any atom is 0.200 e. The van der Waals surface area contributed by atoms with Crippen LogP contribution in [0.3, 0.4) is 0 Å². The molecule has 0 radical (unpaired) electrons. The molecule has 0 amide bonds. The molecular formula is C66H23Cl6F15N6. The van der Waals surface area contributed by atoms with E-state index in [1.54, 1.807) is 0 Å². The van der Waals surface area contributed by atoms with Crippen LogP contribution in [0.1, 0.15) is 45.6 Å². The van der Waals surface area contributed by atoms with Crippen LogP contribution in [0.5, 0.6) is 0 Å². The van der Waals surface area contributed by atoms with E-state index in [2.05, 4.69) is 29.9 Å². The molecule has 0 atom stereocenters. The van der Waals surface area contributed by atoms with E-state index in [1.165, 1.54) is 78.9 Å². The first-order chi connectivity index (χ1) is 44.4. The highest BCUT2D eigenvalue weighted by Crippen LogP contribution is 2.48. The Hall–Kier alpha value is -9.09. The van der Waals surface area contributed by atoms with Crippen molar-refractivity contribution in [2.75, 3.05) is 0 Å². The molecule has 2 N–H and O–H groups in total. The van der Waals surface area contributed by atoms with E-state index >= 15 is 52.7 Å². The fourth-order valence-electron chi connectivity index (χ4n) is 11.0. The van der Waals surface area contributed by atoms with Crippen LogP contribution in [0.25, 0.3) is 137 Å². The molecule has 12 bridgehead atoms. The van der Waals surface area contributed by atoms with E-state index in [0.717, 1.165) is 48.6 Å². The average Bonchev–Trinajstić information content (AvgIpc) is 1.68. The molecule has 93 heavy (non-hydrogen) atoms. The second-order valence-corrected chi connectivity index (χ2v) is 22.8. The summed E-state index contributed by atoms with van der Waals surface area (Å²) in [5.41, 5.74) is -13.3. The van der Waals surface area contributed by atoms with Crippen molar-refractivity contribution in [2.45, 2.75) is 0 Å². The van der Waals surface area contributed by atoms with Gasteiger partial charge in [-0.3, -0.25) is 0 Å². The summed E-state index contributed by atoms with van der Waals surface area (Å²) < 4.78 is 238. The lowest BCUT2D eigenvalue weighted by Crippen LogP contribution is -2.06. The van der Waals surface area contributed by atoms with Crippen molar-refractivity contribution in [3.05, 3.63) is 242 Å². The lowest BCUT2D eigenvalue weighted by Gasteiger charge is -2.12. The summed E-state index contributed by atoms with van der Waals surface area (Å²) in [5, 5.41) is -0.853. The van der Waals surface area contributed by atoms with Gasteiger partial charge in [0, 0.05) is 72.1 Å². The van der Waals surface area contributed by atoms with Gasteiger partial charge >= 0.3 is 0 Å². The molecule has 3 aromatic heterocycles. The third-order valence-corrected chi connectivity index (χ3v) is 17.0. The third-order valence-electron chi connectivity index (χ3n) is 15.1. The molecule has 0 saturated heterocycles. The zero-order valence-corrected chi connectivity index (χ0v) is 49.9. The average molecular weight is 1400 g/mol. The summed E-state index contributed by atoms with van der Waals surface area (Å²) in [6, 6.07) is 17.0. The molecule has 0 fully saturated rings. The van der Waals surface area contributed by atoms with Gasteiger partial charge in [-0.2, -0.15) is 0 Å². The Morgan fingerprint density at radius 2 is 0.355 bits per heavy atom. The minimum Gasteiger partial charge on any atom is -0.354 e. The Balaban J connectivity index is 1.31. The maximum atomic E-state index is 16.6. The number of nitrogens with one attached hydrogen (secondary N) is 2. The normalized spacial score (nSPS) is 12.4. The number of hydrogen-bond donors (Lipinski definition) is 2. The quantitative estimate of drug-likeness (QED) is 0.0987. The Morgan fingerprint density at radius 3 is 0.581 bits per heavy atom. The van der Waals surface area contributed by atoms with Crippen molar-refractivity contribution in [1.29, 1.82) is 0 Å². The Labute approximate surface area is 541 Å². The van der Waals surface area contributed by atoms with Crippen LogP contribution in [0.2, 0.25) is 30.1 Å². The molecule has 6 aromatic carbocycles. The van der Waals surface area contributed by atoms with Crippen molar-refractivity contribution < 1.29 is 65.9 Å². The molecule has 0 saturated carbocycles. The highest BCUT2D eigenvalue weighted by Gasteiger charge is 2.35. The first-order valence-corrected chi connectivity index (χ1v) is 28.7. The fraction of sp³-hybridized carbons (Fsp3) is 0. The highest BCUT2D eigenvalue weighted by atomic mass is 35.5. The van der Waals surface area contributed by atoms with Crippen LogP contribution in [0, 0.1) is 87.3 Å². The molecule has 0 unspecified atom stereocenters. The number of aromatic nitrogens is 6. The van der Waals surface area contributed by atoms with Crippen molar-refractivity contribution in [1.82, 2.24) is 29.9 Å². The molecule has 0 spiro atoms. The molecule has 6 nitrogen and oxygen atoms in total. The van der Waals surface area contributed by atoms with Gasteiger partial charge in [-0.25, -0.2) is 85.8 Å². The predicted octanol–water partition coefficient (Wildman–Crippen LogP) is 22.7. The van der Waals surface area contributed by atoms with Gasteiger partial charge in [-0.15, -0.1) is 0 Å². The molecule has 9 aromatic rings. The summed E-state index contributed by atoms with van der Waals surface area (Å²) in [6.45, 7) is 0. The topological polar surface area (TPSA) is 83.1 Å². The minimum absolute atomic E-state index is 0.0995. The maximum absolute atomic E-state index is 16.6. The van der Waals surface area contributed by atoms with Crippen molar-refractivity contribution >= 4 is 140 Å². The zero-order chi connectivity index (χ0) is 66.1.